The highest BCUT2D eigenvalue weighted by molar-refractivity contribution is 5.85. The van der Waals surface area contributed by atoms with Crippen LogP contribution >= 0.6 is 0 Å². The van der Waals surface area contributed by atoms with Crippen LogP contribution in [0.5, 0.6) is 0 Å². The Morgan fingerprint density at radius 3 is 1.45 bits per heavy atom. The lowest BCUT2D eigenvalue weighted by atomic mass is 9.82. The topological polar surface area (TPSA) is 25.8 Å². The molecule has 0 N–H and O–H groups in total. The summed E-state index contributed by atoms with van der Waals surface area (Å²) in [5, 5.41) is 0. The molecule has 2 nitrogen and oxygen atoms in total. The molecule has 1 aliphatic carbocycles. The summed E-state index contributed by atoms with van der Waals surface area (Å²) in [6, 6.07) is 64.8. The third kappa shape index (κ3) is 5.65. The maximum absolute atomic E-state index is 5.13. The van der Waals surface area contributed by atoms with Crippen molar-refractivity contribution >= 4 is 0 Å². The second kappa shape index (κ2) is 12.5. The van der Waals surface area contributed by atoms with Gasteiger partial charge in [-0.15, -0.1) is 0 Å². The van der Waals surface area contributed by atoms with Gasteiger partial charge < -0.3 is 0 Å². The normalized spacial score (nSPS) is 12.7. The zero-order valence-electron chi connectivity index (χ0n) is 28.7. The average molecular weight is 653 g/mol. The van der Waals surface area contributed by atoms with Crippen LogP contribution in [0.4, 0.5) is 0 Å². The summed E-state index contributed by atoms with van der Waals surface area (Å²) in [4.78, 5) is 10.2. The largest absolute Gasteiger partial charge is 0.228 e. The Bertz CT molecular complexity index is 2510. The van der Waals surface area contributed by atoms with Gasteiger partial charge in [0.2, 0.25) is 0 Å². The zero-order chi connectivity index (χ0) is 34.4. The van der Waals surface area contributed by atoms with Crippen molar-refractivity contribution in [3.63, 3.8) is 0 Å². The predicted octanol–water partition coefficient (Wildman–Crippen LogP) is 12.8. The van der Waals surface area contributed by atoms with Crippen LogP contribution in [-0.4, -0.2) is 9.97 Å². The predicted molar refractivity (Wildman–Crippen MR) is 212 cm³/mol. The number of nitrogens with zero attached hydrogens (tertiary/aromatic N) is 2. The molecule has 1 aliphatic rings. The highest BCUT2D eigenvalue weighted by atomic mass is 14.9. The highest BCUT2D eigenvalue weighted by Crippen LogP contribution is 2.49. The van der Waals surface area contributed by atoms with Gasteiger partial charge >= 0.3 is 0 Å². The van der Waals surface area contributed by atoms with Gasteiger partial charge in [-0.2, -0.15) is 0 Å². The van der Waals surface area contributed by atoms with E-state index in [0.29, 0.717) is 5.82 Å². The molecule has 0 radical (unpaired) electrons. The molecule has 1 heterocycles. The number of rotatable bonds is 6. The maximum Gasteiger partial charge on any atom is 0.160 e. The van der Waals surface area contributed by atoms with E-state index in [4.69, 9.17) is 9.97 Å². The van der Waals surface area contributed by atoms with Crippen molar-refractivity contribution in [1.82, 2.24) is 9.97 Å². The van der Waals surface area contributed by atoms with Gasteiger partial charge in [0.05, 0.1) is 11.4 Å². The van der Waals surface area contributed by atoms with Gasteiger partial charge in [-0.3, -0.25) is 0 Å². The van der Waals surface area contributed by atoms with E-state index >= 15 is 0 Å². The fraction of sp³-hybridized carbons (Fsp3) is 0.0612. The van der Waals surface area contributed by atoms with Crippen LogP contribution in [-0.2, 0) is 5.41 Å². The maximum atomic E-state index is 5.13. The molecule has 0 amide bonds. The van der Waals surface area contributed by atoms with E-state index in [9.17, 15) is 0 Å². The molecule has 1 aromatic heterocycles. The third-order valence-electron chi connectivity index (χ3n) is 10.3. The van der Waals surface area contributed by atoms with Crippen molar-refractivity contribution in [1.29, 1.82) is 0 Å². The number of benzene rings is 7. The van der Waals surface area contributed by atoms with Gasteiger partial charge in [0.15, 0.2) is 5.82 Å². The van der Waals surface area contributed by atoms with Gasteiger partial charge in [-0.1, -0.05) is 178 Å². The molecule has 0 unspecified atom stereocenters. The zero-order valence-corrected chi connectivity index (χ0v) is 28.7. The summed E-state index contributed by atoms with van der Waals surface area (Å²) in [5.41, 5.74) is 17.5. The van der Waals surface area contributed by atoms with Crippen molar-refractivity contribution in [3.8, 4) is 78.4 Å². The molecule has 0 aliphatic heterocycles. The number of hydrogen-bond donors (Lipinski definition) is 0. The molecular formula is C49H36N2. The monoisotopic (exact) mass is 652 g/mol. The van der Waals surface area contributed by atoms with Crippen LogP contribution in [0.2, 0.25) is 0 Å². The summed E-state index contributed by atoms with van der Waals surface area (Å²) in [7, 11) is 0. The Balaban J connectivity index is 1.05. The van der Waals surface area contributed by atoms with E-state index in [0.717, 1.165) is 33.6 Å². The minimum atomic E-state index is 0.0125. The van der Waals surface area contributed by atoms with E-state index in [1.165, 1.54) is 50.1 Å². The molecule has 242 valence electrons. The van der Waals surface area contributed by atoms with Gasteiger partial charge in [0.25, 0.3) is 0 Å². The minimum Gasteiger partial charge on any atom is -0.228 e. The number of aromatic nitrogens is 2. The molecule has 51 heavy (non-hydrogen) atoms. The summed E-state index contributed by atoms with van der Waals surface area (Å²) in [5.74, 6) is 0.709. The molecule has 0 fully saturated rings. The molecule has 9 rings (SSSR count). The van der Waals surface area contributed by atoms with Gasteiger partial charge in [0.1, 0.15) is 0 Å². The van der Waals surface area contributed by atoms with Crippen molar-refractivity contribution in [2.75, 3.05) is 0 Å². The van der Waals surface area contributed by atoms with E-state index in [-0.39, 0.29) is 5.41 Å². The Hall–Kier alpha value is -6.38. The van der Waals surface area contributed by atoms with Gasteiger partial charge in [-0.05, 0) is 73.8 Å². The van der Waals surface area contributed by atoms with Crippen molar-refractivity contribution in [3.05, 3.63) is 193 Å². The molecule has 0 atom stereocenters. The van der Waals surface area contributed by atoms with E-state index in [1.54, 1.807) is 0 Å². The van der Waals surface area contributed by atoms with Crippen molar-refractivity contribution in [2.45, 2.75) is 19.3 Å². The second-order valence-electron chi connectivity index (χ2n) is 13.9. The van der Waals surface area contributed by atoms with Gasteiger partial charge in [0, 0.05) is 22.1 Å². The highest BCUT2D eigenvalue weighted by Gasteiger charge is 2.35. The quantitative estimate of drug-likeness (QED) is 0.179. The van der Waals surface area contributed by atoms with Crippen LogP contribution in [0.1, 0.15) is 25.0 Å². The van der Waals surface area contributed by atoms with Crippen LogP contribution in [0, 0.1) is 0 Å². The number of fused-ring (bicyclic) bond motifs is 3. The molecular weight excluding hydrogens is 617 g/mol. The minimum absolute atomic E-state index is 0.0125. The molecule has 7 aromatic carbocycles. The van der Waals surface area contributed by atoms with Crippen molar-refractivity contribution < 1.29 is 0 Å². The first-order valence-corrected chi connectivity index (χ1v) is 17.6. The van der Waals surface area contributed by atoms with Crippen LogP contribution in [0.3, 0.4) is 0 Å². The first-order chi connectivity index (χ1) is 25.0. The Kier molecular flexibility index (Phi) is 7.51. The van der Waals surface area contributed by atoms with E-state index < -0.39 is 0 Å². The van der Waals surface area contributed by atoms with E-state index in [2.05, 4.69) is 184 Å². The fourth-order valence-electron chi connectivity index (χ4n) is 7.54. The van der Waals surface area contributed by atoms with E-state index in [1.807, 2.05) is 12.1 Å². The van der Waals surface area contributed by atoms with Gasteiger partial charge in [-0.25, -0.2) is 9.97 Å². The Labute approximate surface area is 299 Å². The molecule has 2 heteroatoms. The molecule has 0 saturated carbocycles. The smallest absolute Gasteiger partial charge is 0.160 e. The van der Waals surface area contributed by atoms with Crippen LogP contribution in [0.15, 0.2) is 182 Å². The standard InChI is InChI=1S/C49H36N2/c1-49(2)44-19-10-9-18-42(44)43-31-40(28-29-45(43)49)36-22-20-35(21-23-36)39-16-11-17-41(30-39)47-32-46(37-14-7-4-8-15-37)50-48(51-47)38-26-24-34(25-27-38)33-12-5-3-6-13-33/h3-32H,1-2H3. The first kappa shape index (κ1) is 30.7. The summed E-state index contributed by atoms with van der Waals surface area (Å²) < 4.78 is 0. The SMILES string of the molecule is CC1(C)c2ccccc2-c2cc(-c3ccc(-c4cccc(-c5cc(-c6ccccc6)nc(-c6ccc(-c7ccccc7)cc6)n5)c4)cc3)ccc21. The Morgan fingerprint density at radius 2 is 0.765 bits per heavy atom. The molecule has 8 aromatic rings. The number of hydrogen-bond acceptors (Lipinski definition) is 2. The fourth-order valence-corrected chi connectivity index (χ4v) is 7.54. The lowest BCUT2D eigenvalue weighted by molar-refractivity contribution is 0.660. The second-order valence-corrected chi connectivity index (χ2v) is 13.9. The molecule has 0 spiro atoms. The first-order valence-electron chi connectivity index (χ1n) is 17.6. The van der Waals surface area contributed by atoms with Crippen LogP contribution < -0.4 is 0 Å². The molecule has 0 saturated heterocycles. The lowest BCUT2D eigenvalue weighted by Gasteiger charge is -2.21. The lowest BCUT2D eigenvalue weighted by Crippen LogP contribution is -2.14. The summed E-state index contributed by atoms with van der Waals surface area (Å²) >= 11 is 0. The summed E-state index contributed by atoms with van der Waals surface area (Å²) in [6.45, 7) is 4.66. The third-order valence-corrected chi connectivity index (χ3v) is 10.3. The van der Waals surface area contributed by atoms with Crippen molar-refractivity contribution in [2.24, 2.45) is 0 Å². The molecule has 0 bridgehead atoms. The van der Waals surface area contributed by atoms with Crippen LogP contribution in [0.25, 0.3) is 78.4 Å². The average Bonchev–Trinajstić information content (AvgIpc) is 3.44. The Morgan fingerprint density at radius 1 is 0.314 bits per heavy atom. The summed E-state index contributed by atoms with van der Waals surface area (Å²) in [6.07, 6.45) is 0.